The van der Waals surface area contributed by atoms with Gasteiger partial charge in [-0.05, 0) is 32.4 Å². The van der Waals surface area contributed by atoms with Crippen molar-refractivity contribution in [2.45, 2.75) is 33.6 Å². The third kappa shape index (κ3) is 3.31. The molecule has 3 aromatic rings. The number of pyridine rings is 1. The predicted octanol–water partition coefficient (Wildman–Crippen LogP) is 1.16. The van der Waals surface area contributed by atoms with Gasteiger partial charge in [-0.3, -0.25) is 9.20 Å². The number of carbonyl (C=O) groups excluding carboxylic acids is 1. The molecule has 3 aromatic heterocycles. The molecule has 0 bridgehead atoms. The first-order valence-corrected chi connectivity index (χ1v) is 7.27. The van der Waals surface area contributed by atoms with Crippen molar-refractivity contribution in [2.75, 3.05) is 0 Å². The number of fused-ring (bicyclic) bond motifs is 3. The van der Waals surface area contributed by atoms with E-state index in [0.29, 0.717) is 5.52 Å². The highest BCUT2D eigenvalue weighted by Crippen LogP contribution is 2.16. The van der Waals surface area contributed by atoms with Crippen molar-refractivity contribution < 1.29 is 4.79 Å². The Bertz CT molecular complexity index is 921. The van der Waals surface area contributed by atoms with Crippen LogP contribution in [0.25, 0.3) is 16.7 Å². The second-order valence-electron chi connectivity index (χ2n) is 5.23. The van der Waals surface area contributed by atoms with E-state index in [1.54, 1.807) is 0 Å². The van der Waals surface area contributed by atoms with Gasteiger partial charge in [-0.2, -0.15) is 0 Å². The first kappa shape index (κ1) is 16.5. The maximum atomic E-state index is 12.2. The molecule has 8 heteroatoms. The Morgan fingerprint density at radius 3 is 2.52 bits per heavy atom. The predicted molar refractivity (Wildman–Crippen MR) is 88.4 cm³/mol. The van der Waals surface area contributed by atoms with E-state index in [0.717, 1.165) is 41.2 Å². The van der Waals surface area contributed by atoms with E-state index < -0.39 is 6.03 Å². The molecule has 23 heavy (non-hydrogen) atoms. The topological polar surface area (TPSA) is 132 Å². The van der Waals surface area contributed by atoms with Gasteiger partial charge >= 0.3 is 6.03 Å². The summed E-state index contributed by atoms with van der Waals surface area (Å²) in [4.78, 5) is 33.1. The third-order valence-corrected chi connectivity index (χ3v) is 3.28. The monoisotopic (exact) mass is 316 g/mol. The number of nitrogens with one attached hydrogen (secondary N) is 1. The minimum absolute atomic E-state index is 0.106. The molecule has 0 aromatic carbocycles. The number of hydrogen-bond acceptors (Lipinski definition) is 4. The average Bonchev–Trinajstić information content (AvgIpc) is 2.77. The van der Waals surface area contributed by atoms with Gasteiger partial charge in [0, 0.05) is 12.1 Å². The molecule has 0 aliphatic rings. The molecule has 3 heterocycles. The van der Waals surface area contributed by atoms with Crippen LogP contribution in [0.1, 0.15) is 30.6 Å². The molecular weight excluding hydrogens is 296 g/mol. The fourth-order valence-corrected chi connectivity index (χ4v) is 2.47. The Kier molecular flexibility index (Phi) is 4.63. The lowest BCUT2D eigenvalue weighted by Gasteiger charge is -2.05. The maximum absolute atomic E-state index is 12.2. The fraction of sp³-hybridized carbons (Fsp3) is 0.333. The van der Waals surface area contributed by atoms with Gasteiger partial charge in [0.25, 0.3) is 5.56 Å². The molecule has 0 saturated carbocycles. The number of aromatic nitrogens is 4. The fourth-order valence-electron chi connectivity index (χ4n) is 2.47. The smallest absolute Gasteiger partial charge is 0.309 e. The number of primary amides is 2. The van der Waals surface area contributed by atoms with Crippen LogP contribution in [0.15, 0.2) is 16.9 Å². The van der Waals surface area contributed by atoms with Crippen LogP contribution in [0.3, 0.4) is 0 Å². The molecule has 0 unspecified atom stereocenters. The lowest BCUT2D eigenvalue weighted by Crippen LogP contribution is -2.18. The van der Waals surface area contributed by atoms with Crippen molar-refractivity contribution in [3.05, 3.63) is 39.7 Å². The lowest BCUT2D eigenvalue weighted by molar-refractivity contribution is 0.256. The first-order chi connectivity index (χ1) is 10.8. The number of H-pyrrole nitrogens is 1. The van der Waals surface area contributed by atoms with Gasteiger partial charge < -0.3 is 16.5 Å². The van der Waals surface area contributed by atoms with Crippen molar-refractivity contribution >= 4 is 22.7 Å². The van der Waals surface area contributed by atoms with E-state index in [2.05, 4.69) is 33.3 Å². The SMILES string of the molecule is CCCc1nc(C)c2c(=O)[nH]c3ccc(C)nc3n12.NC(N)=O. The van der Waals surface area contributed by atoms with E-state index in [1.807, 2.05) is 30.4 Å². The molecular formula is C15H20N6O2. The van der Waals surface area contributed by atoms with Crippen molar-refractivity contribution in [3.8, 4) is 0 Å². The number of amides is 2. The van der Waals surface area contributed by atoms with Gasteiger partial charge in [-0.15, -0.1) is 0 Å². The second-order valence-corrected chi connectivity index (χ2v) is 5.23. The number of hydrogen-bond donors (Lipinski definition) is 3. The molecule has 2 amide bonds. The number of nitrogens with zero attached hydrogens (tertiary/aromatic N) is 3. The number of urea groups is 1. The van der Waals surface area contributed by atoms with Crippen LogP contribution in [-0.2, 0) is 6.42 Å². The highest BCUT2D eigenvalue weighted by Gasteiger charge is 2.14. The Balaban J connectivity index is 0.000000433. The van der Waals surface area contributed by atoms with Gasteiger partial charge in [-0.25, -0.2) is 14.8 Å². The molecule has 0 saturated heterocycles. The van der Waals surface area contributed by atoms with Crippen LogP contribution >= 0.6 is 0 Å². The summed E-state index contributed by atoms with van der Waals surface area (Å²) in [6.45, 7) is 5.91. The molecule has 0 fully saturated rings. The van der Waals surface area contributed by atoms with Gasteiger partial charge in [-0.1, -0.05) is 6.92 Å². The second kappa shape index (κ2) is 6.47. The molecule has 8 nitrogen and oxygen atoms in total. The number of aromatic amines is 1. The van der Waals surface area contributed by atoms with Crippen LogP contribution in [0.5, 0.6) is 0 Å². The van der Waals surface area contributed by atoms with Crippen LogP contribution in [-0.4, -0.2) is 25.4 Å². The van der Waals surface area contributed by atoms with Crippen molar-refractivity contribution in [1.29, 1.82) is 0 Å². The number of aryl methyl sites for hydroxylation is 3. The van der Waals surface area contributed by atoms with Crippen molar-refractivity contribution in [2.24, 2.45) is 11.5 Å². The Labute approximate surface area is 132 Å². The normalized spacial score (nSPS) is 10.6. The van der Waals surface area contributed by atoms with E-state index >= 15 is 0 Å². The zero-order valence-corrected chi connectivity index (χ0v) is 13.4. The van der Waals surface area contributed by atoms with Crippen molar-refractivity contribution in [1.82, 2.24) is 19.4 Å². The van der Waals surface area contributed by atoms with E-state index in [-0.39, 0.29) is 5.56 Å². The zero-order chi connectivity index (χ0) is 17.1. The maximum Gasteiger partial charge on any atom is 0.309 e. The lowest BCUT2D eigenvalue weighted by atomic mass is 10.3. The highest BCUT2D eigenvalue weighted by molar-refractivity contribution is 5.75. The minimum atomic E-state index is -0.833. The van der Waals surface area contributed by atoms with Gasteiger partial charge in [0.05, 0.1) is 11.2 Å². The molecule has 0 atom stereocenters. The van der Waals surface area contributed by atoms with E-state index in [9.17, 15) is 4.79 Å². The average molecular weight is 316 g/mol. The summed E-state index contributed by atoms with van der Waals surface area (Å²) in [5.74, 6) is 0.907. The molecule has 3 rings (SSSR count). The van der Waals surface area contributed by atoms with Gasteiger partial charge in [0.15, 0.2) is 5.65 Å². The largest absolute Gasteiger partial charge is 0.352 e. The van der Waals surface area contributed by atoms with Gasteiger partial charge in [0.2, 0.25) is 0 Å². The summed E-state index contributed by atoms with van der Waals surface area (Å²) >= 11 is 0. The summed E-state index contributed by atoms with van der Waals surface area (Å²) < 4.78 is 1.90. The number of nitrogens with two attached hydrogens (primary N) is 2. The summed E-state index contributed by atoms with van der Waals surface area (Å²) in [7, 11) is 0. The van der Waals surface area contributed by atoms with Crippen LogP contribution in [0, 0.1) is 13.8 Å². The summed E-state index contributed by atoms with van der Waals surface area (Å²) in [5.41, 5.74) is 12.2. The third-order valence-electron chi connectivity index (χ3n) is 3.28. The highest BCUT2D eigenvalue weighted by atomic mass is 16.2. The Hall–Kier alpha value is -2.90. The Morgan fingerprint density at radius 1 is 1.26 bits per heavy atom. The summed E-state index contributed by atoms with van der Waals surface area (Å²) in [6, 6.07) is 2.96. The summed E-state index contributed by atoms with van der Waals surface area (Å²) in [6.07, 6.45) is 1.82. The van der Waals surface area contributed by atoms with Crippen LogP contribution in [0.4, 0.5) is 4.79 Å². The van der Waals surface area contributed by atoms with Gasteiger partial charge in [0.1, 0.15) is 11.3 Å². The molecule has 0 aliphatic heterocycles. The molecule has 122 valence electrons. The number of carbonyl (C=O) groups is 1. The molecule has 0 radical (unpaired) electrons. The van der Waals surface area contributed by atoms with E-state index in [4.69, 9.17) is 4.79 Å². The van der Waals surface area contributed by atoms with E-state index in [1.165, 1.54) is 0 Å². The molecule has 0 spiro atoms. The molecule has 5 N–H and O–H groups in total. The van der Waals surface area contributed by atoms with Crippen molar-refractivity contribution in [3.63, 3.8) is 0 Å². The Morgan fingerprint density at radius 2 is 1.91 bits per heavy atom. The standard InChI is InChI=1S/C14H16N4O.CH4N2O/c1-4-5-11-16-9(3)12-14(19)17-10-7-6-8(2)15-13(10)18(11)12;2-1(3)4/h6-7H,4-5H2,1-3H3,(H,17,19);(H4,2,3,4). The number of imidazole rings is 1. The quantitative estimate of drug-likeness (QED) is 0.654. The van der Waals surface area contributed by atoms with Crippen LogP contribution in [0.2, 0.25) is 0 Å². The minimum Gasteiger partial charge on any atom is -0.352 e. The summed E-state index contributed by atoms with van der Waals surface area (Å²) in [5, 5.41) is 0. The zero-order valence-electron chi connectivity index (χ0n) is 13.4. The van der Waals surface area contributed by atoms with Crippen LogP contribution < -0.4 is 17.0 Å². The number of rotatable bonds is 2. The first-order valence-electron chi connectivity index (χ1n) is 7.27. The molecule has 0 aliphatic carbocycles.